The van der Waals surface area contributed by atoms with Gasteiger partial charge in [0.2, 0.25) is 17.7 Å². The zero-order valence-electron chi connectivity index (χ0n) is 59.9. The molecule has 3 fully saturated rings. The number of hydrogen-bond donors (Lipinski definition) is 19. The third kappa shape index (κ3) is 33.7. The molecule has 3 aromatic rings. The first-order chi connectivity index (χ1) is 50.1. The van der Waals surface area contributed by atoms with Crippen LogP contribution in [-0.2, 0) is 66.8 Å². The van der Waals surface area contributed by atoms with Gasteiger partial charge in [0.25, 0.3) is 11.6 Å². The van der Waals surface area contributed by atoms with Crippen molar-refractivity contribution >= 4 is 123 Å². The van der Waals surface area contributed by atoms with Crippen molar-refractivity contribution in [1.29, 1.82) is 0 Å². The highest BCUT2D eigenvalue weighted by atomic mass is 32.2. The number of carboxylic acid groups (broad SMARTS) is 3. The van der Waals surface area contributed by atoms with Crippen LogP contribution in [0, 0.1) is 0 Å². The maximum absolute atomic E-state index is 11.4. The molecule has 107 heavy (non-hydrogen) atoms. The van der Waals surface area contributed by atoms with E-state index in [1.54, 1.807) is 34.6 Å². The van der Waals surface area contributed by atoms with E-state index in [1.165, 1.54) is 29.8 Å². The van der Waals surface area contributed by atoms with Gasteiger partial charge in [-0.05, 0) is 44.6 Å². The molecular formula is C67H98N5O31PS3. The third-order valence-corrected chi connectivity index (χ3v) is 20.0. The molecule has 40 heteroatoms. The van der Waals surface area contributed by atoms with E-state index in [-0.39, 0.29) is 59.3 Å². The number of aliphatic carboxylic acids is 3. The summed E-state index contributed by atoms with van der Waals surface area (Å²) in [6.45, 7) is 12.5. The Labute approximate surface area is 631 Å². The molecule has 3 aliphatic rings. The number of azo groups is 1. The van der Waals surface area contributed by atoms with Gasteiger partial charge in [-0.3, -0.25) is 28.8 Å². The molecule has 600 valence electrons. The van der Waals surface area contributed by atoms with Crippen LogP contribution < -0.4 is 31.9 Å². The second-order valence-electron chi connectivity index (χ2n) is 23.6. The number of hydrogen-bond acceptors (Lipinski definition) is 30. The van der Waals surface area contributed by atoms with Gasteiger partial charge in [0.05, 0.1) is 68.5 Å². The maximum atomic E-state index is 11.4. The number of nitrogens with zero attached hydrogens (tertiary/aromatic N) is 2. The molecule has 0 saturated carbocycles. The summed E-state index contributed by atoms with van der Waals surface area (Å²) in [5.41, 5.74) is -1.79. The van der Waals surface area contributed by atoms with Crippen molar-refractivity contribution in [2.24, 2.45) is 10.2 Å². The van der Waals surface area contributed by atoms with Gasteiger partial charge in [-0.25, -0.2) is 24.0 Å². The molecule has 6 rings (SSSR count). The van der Waals surface area contributed by atoms with Gasteiger partial charge in [0.15, 0.2) is 20.9 Å². The Balaban J connectivity index is 0.000000667. The van der Waals surface area contributed by atoms with E-state index in [4.69, 9.17) is 29.5 Å². The topological polar surface area (TPSA) is 598 Å². The Morgan fingerprint density at radius 3 is 1.05 bits per heavy atom. The number of carbonyl (C=O) groups excluding carboxylic acids is 8. The summed E-state index contributed by atoms with van der Waals surface area (Å²) in [4.78, 5) is 121. The average molecular weight is 1600 g/mol. The molecule has 0 radical (unpaired) electrons. The molecule has 18 atom stereocenters. The van der Waals surface area contributed by atoms with E-state index >= 15 is 0 Å². The number of nitrogens with one attached hydrogen (secondary N) is 3. The normalized spacial score (nSPS) is 25.2. The highest BCUT2D eigenvalue weighted by Crippen LogP contribution is 2.36. The maximum Gasteiger partial charge on any atom is 0.452 e. The smallest absolute Gasteiger partial charge is 0.452 e. The summed E-state index contributed by atoms with van der Waals surface area (Å²) < 4.78 is 24.1. The molecule has 3 heterocycles. The second kappa shape index (κ2) is 49.1. The molecule has 0 aromatic heterocycles. The van der Waals surface area contributed by atoms with Crippen molar-refractivity contribution in [3.63, 3.8) is 0 Å². The molecule has 0 spiro atoms. The van der Waals surface area contributed by atoms with E-state index in [9.17, 15) is 114 Å². The third-order valence-electron chi connectivity index (χ3n) is 15.0. The van der Waals surface area contributed by atoms with E-state index in [0.717, 1.165) is 37.4 Å². The summed E-state index contributed by atoms with van der Waals surface area (Å²) in [5.74, 6) is -12.5. The van der Waals surface area contributed by atoms with Gasteiger partial charge in [-0.2, -0.15) is 0 Å². The minimum atomic E-state index is -2.79. The first-order valence-electron chi connectivity index (χ1n) is 33.0. The Morgan fingerprint density at radius 1 is 0.505 bits per heavy atom. The number of rotatable bonds is 25. The molecule has 18 N–H and O–H groups in total. The van der Waals surface area contributed by atoms with Gasteiger partial charge >= 0.3 is 30.1 Å². The van der Waals surface area contributed by atoms with Crippen molar-refractivity contribution in [2.45, 2.75) is 209 Å². The summed E-state index contributed by atoms with van der Waals surface area (Å²) in [7, 11) is -0.446. The van der Waals surface area contributed by atoms with Gasteiger partial charge in [-0.15, -0.1) is 12.6 Å². The lowest BCUT2D eigenvalue weighted by Crippen LogP contribution is -2.67. The molecule has 36 nitrogen and oxygen atoms in total. The van der Waals surface area contributed by atoms with Crippen LogP contribution in [0.2, 0.25) is 0 Å². The van der Waals surface area contributed by atoms with Crippen molar-refractivity contribution < 1.29 is 153 Å². The molecular weight excluding hydrogens is 1500 g/mol. The van der Waals surface area contributed by atoms with Crippen molar-refractivity contribution in [3.8, 4) is 0 Å². The highest BCUT2D eigenvalue weighted by Gasteiger charge is 2.56. The Kier molecular flexibility index (Phi) is 45.0. The largest absolute Gasteiger partial charge is 0.479 e. The van der Waals surface area contributed by atoms with E-state index in [2.05, 4.69) is 139 Å². The molecule has 3 saturated heterocycles. The molecule has 3 aromatic carbocycles. The predicted molar refractivity (Wildman–Crippen MR) is 387 cm³/mol. The lowest BCUT2D eigenvalue weighted by atomic mass is 9.84. The van der Waals surface area contributed by atoms with Crippen LogP contribution >= 0.6 is 44.1 Å². The fourth-order valence-electron chi connectivity index (χ4n) is 9.70. The van der Waals surface area contributed by atoms with Crippen LogP contribution in [0.15, 0.2) is 101 Å². The fourth-order valence-corrected chi connectivity index (χ4v) is 13.5. The average Bonchev–Trinajstić information content (AvgIpc) is 0.789. The van der Waals surface area contributed by atoms with Crippen LogP contribution in [0.25, 0.3) is 0 Å². The Bertz CT molecular complexity index is 3130. The van der Waals surface area contributed by atoms with Gasteiger partial charge in [0.1, 0.15) is 42.7 Å². The minimum absolute atomic E-state index is 0.0509. The molecule has 5 amide bonds. The lowest BCUT2D eigenvalue weighted by molar-refractivity contribution is -0.295. The molecule has 0 bridgehead atoms. The zero-order chi connectivity index (χ0) is 81.7. The minimum Gasteiger partial charge on any atom is -0.479 e. The Hall–Kier alpha value is -7.09. The molecule has 3 aliphatic heterocycles. The van der Waals surface area contributed by atoms with Crippen molar-refractivity contribution in [2.75, 3.05) is 31.3 Å². The molecule has 0 aliphatic carbocycles. The number of benzene rings is 3. The number of carbonyl (C=O) groups is 11. The summed E-state index contributed by atoms with van der Waals surface area (Å²) in [5, 5.41) is 163. The van der Waals surface area contributed by atoms with E-state index < -0.39 is 184 Å². The SMILES string of the molecule is CC(=O)N[C@H]1C([C@H](O)[C@H](O)CO)O[C@](O)(C(=O)O)C[C@H]1O.CCC(=O)S.CCC(=O)SC[C@@H](O)[C@@H](O)C1O[C@](C)(C(=O)O)C[C@@H](O)[C@H]1NC(C)=O.CCC(=O)SC[C@@H](O)[C@@H](O)C1O[C@](O)(C(=O)O)C[C@@H](O)[C@H]1NC(C)=O.CCOC(=O)N=NC(=O)OCC.c1ccc(P(c2ccccc2)c2ccccc2)cc1. The zero-order valence-corrected chi connectivity index (χ0v) is 63.4. The quantitative estimate of drug-likeness (QED) is 0.0271. The van der Waals surface area contributed by atoms with Gasteiger partial charge in [-0.1, -0.05) is 146 Å². The summed E-state index contributed by atoms with van der Waals surface area (Å²) in [6, 6.07) is 28.7. The summed E-state index contributed by atoms with van der Waals surface area (Å²) in [6.07, 6.45) is -21.4. The Morgan fingerprint density at radius 2 is 0.794 bits per heavy atom. The summed E-state index contributed by atoms with van der Waals surface area (Å²) >= 11 is 5.05. The van der Waals surface area contributed by atoms with Crippen LogP contribution in [0.4, 0.5) is 9.59 Å². The number of thiol groups is 1. The predicted octanol–water partition coefficient (Wildman–Crippen LogP) is -1.14. The van der Waals surface area contributed by atoms with Crippen LogP contribution in [0.3, 0.4) is 0 Å². The first kappa shape index (κ1) is 97.9. The van der Waals surface area contributed by atoms with Gasteiger partial charge in [0, 0.05) is 70.8 Å². The number of aliphatic hydroxyl groups excluding tert-OH is 10. The van der Waals surface area contributed by atoms with Gasteiger partial charge < -0.3 is 116 Å². The first-order valence-corrected chi connectivity index (χ1v) is 36.8. The number of carboxylic acids is 3. The van der Waals surface area contributed by atoms with Crippen molar-refractivity contribution in [1.82, 2.24) is 16.0 Å². The lowest BCUT2D eigenvalue weighted by Gasteiger charge is -2.45. The van der Waals surface area contributed by atoms with Crippen LogP contribution in [0.5, 0.6) is 0 Å². The highest BCUT2D eigenvalue weighted by molar-refractivity contribution is 8.13. The number of thioether (sulfide) groups is 2. The van der Waals surface area contributed by atoms with Crippen molar-refractivity contribution in [3.05, 3.63) is 91.0 Å². The molecule has 3 unspecified atom stereocenters. The number of amides is 5. The standard InChI is InChI=1S/C18H15P.C15H25NO8S.C14H23NO9S.C11H19NO9.C6H10N2O4.C3H6OS/c1-4-10-16(11-5-1)19(17-12-6-2-7-13-17)18-14-8-3-9-15-18;1-4-10(20)25-6-9(19)12(21)13-11(16-7(2)17)8(18)5-15(3,24-13)14(22)23;1-3-9(19)25-5-8(18)11(20)12-10(15-6(2)16)7(17)4-14(23,24-12)13(21)22;1-4(14)12-7-5(15)2-11(20,10(18)19)21-9(7)8(17)6(16)3-13;1-3-11-5(9)7-8-6(10)12-4-2;1-2-3(4)5/h1-15H;8-9,11-13,18-19,21H,4-6H2,1-3H3,(H,16,17)(H,22,23);7-8,10-12,17-18,20,23H,3-5H2,1-2H3,(H,15,16)(H,21,22);5-9,13,15-17,20H,2-3H2,1H3,(H,12,14)(H,18,19);3-4H2,1-2H3;2H2,1H3,(H,4,5)/t;8-,9-,11-,12-,13?,15+;7-,8-,10-,11-,12?,14+;5-,6-,7-,8-,9?,11+;;/m.111../s1. The second-order valence-corrected chi connectivity index (χ2v) is 28.4. The van der Waals surface area contributed by atoms with Crippen LogP contribution in [0.1, 0.15) is 101 Å². The van der Waals surface area contributed by atoms with Crippen LogP contribution in [-0.4, -0.2) is 280 Å². The monoisotopic (exact) mass is 1600 g/mol. The fraction of sp³-hybridized carbons (Fsp3) is 0.567. The van der Waals surface area contributed by atoms with E-state index in [0.29, 0.717) is 6.42 Å². The number of aliphatic hydroxyl groups is 12. The number of ether oxygens (including phenoxy) is 5. The van der Waals surface area contributed by atoms with E-state index in [1.807, 2.05) is 0 Å².